The Morgan fingerprint density at radius 2 is 2.24 bits per heavy atom. The first-order chi connectivity index (χ1) is 7.91. The van der Waals surface area contributed by atoms with Crippen LogP contribution in [0.5, 0.6) is 0 Å². The van der Waals surface area contributed by atoms with Crippen LogP contribution in [0.25, 0.3) is 0 Å². The molecular formula is C14H25O2P. The van der Waals surface area contributed by atoms with E-state index in [-0.39, 0.29) is 29.6 Å². The van der Waals surface area contributed by atoms with Crippen molar-refractivity contribution in [2.24, 2.45) is 5.92 Å². The molecule has 0 aromatic carbocycles. The van der Waals surface area contributed by atoms with Gasteiger partial charge in [0.1, 0.15) is 6.61 Å². The summed E-state index contributed by atoms with van der Waals surface area (Å²) < 4.78 is 5.74. The molecule has 0 N–H and O–H groups in total. The van der Waals surface area contributed by atoms with Crippen LogP contribution in [0.1, 0.15) is 46.5 Å². The van der Waals surface area contributed by atoms with Crippen molar-refractivity contribution < 1.29 is 9.53 Å². The van der Waals surface area contributed by atoms with Crippen molar-refractivity contribution in [1.82, 2.24) is 0 Å². The Hall–Kier alpha value is -0.200. The number of hydrogen-bond donors (Lipinski definition) is 0. The number of ether oxygens (including phenoxy) is 1. The molecule has 0 heterocycles. The molecule has 0 aromatic rings. The third-order valence-corrected chi connectivity index (χ3v) is 3.75. The van der Waals surface area contributed by atoms with E-state index in [9.17, 15) is 4.79 Å². The molecule has 0 saturated heterocycles. The predicted molar refractivity (Wildman–Crippen MR) is 75.3 cm³/mol. The fraction of sp³-hybridized carbons (Fsp3) is 0.786. The zero-order valence-corrected chi connectivity index (χ0v) is 12.4. The number of rotatable bonds is 4. The SMILES string of the molecule is CC(C)C(=O)COC1CC/C=C\C(C)(P)CC1. The molecule has 0 spiro atoms. The second-order valence-corrected chi connectivity index (χ2v) is 6.90. The molecule has 0 aliphatic heterocycles. The average Bonchev–Trinajstić information content (AvgIpc) is 2.23. The highest BCUT2D eigenvalue weighted by Gasteiger charge is 2.20. The van der Waals surface area contributed by atoms with Crippen molar-refractivity contribution in [3.63, 3.8) is 0 Å². The van der Waals surface area contributed by atoms with Gasteiger partial charge in [-0.05, 0) is 30.8 Å². The first-order valence-electron chi connectivity index (χ1n) is 6.51. The third-order valence-electron chi connectivity index (χ3n) is 3.26. The van der Waals surface area contributed by atoms with Crippen molar-refractivity contribution in [2.45, 2.75) is 57.7 Å². The highest BCUT2D eigenvalue weighted by Crippen LogP contribution is 2.30. The van der Waals surface area contributed by atoms with Gasteiger partial charge in [-0.15, -0.1) is 9.24 Å². The maximum absolute atomic E-state index is 11.5. The van der Waals surface area contributed by atoms with Gasteiger partial charge in [0.15, 0.2) is 5.78 Å². The second-order valence-electron chi connectivity index (χ2n) is 5.58. The second kappa shape index (κ2) is 6.66. The van der Waals surface area contributed by atoms with Gasteiger partial charge in [-0.25, -0.2) is 0 Å². The maximum Gasteiger partial charge on any atom is 0.160 e. The van der Waals surface area contributed by atoms with Crippen molar-refractivity contribution in [3.05, 3.63) is 12.2 Å². The van der Waals surface area contributed by atoms with Gasteiger partial charge in [-0.3, -0.25) is 4.79 Å². The van der Waals surface area contributed by atoms with Gasteiger partial charge in [-0.1, -0.05) is 32.9 Å². The lowest BCUT2D eigenvalue weighted by molar-refractivity contribution is -0.128. The van der Waals surface area contributed by atoms with Gasteiger partial charge >= 0.3 is 0 Å². The van der Waals surface area contributed by atoms with E-state index in [2.05, 4.69) is 28.3 Å². The minimum absolute atomic E-state index is 0.0791. The third kappa shape index (κ3) is 5.79. The number of carbonyl (C=O) groups is 1. The molecule has 0 amide bonds. The van der Waals surface area contributed by atoms with Crippen molar-refractivity contribution in [3.8, 4) is 0 Å². The molecule has 1 aliphatic rings. The minimum Gasteiger partial charge on any atom is -0.370 e. The van der Waals surface area contributed by atoms with Gasteiger partial charge < -0.3 is 4.74 Å². The van der Waals surface area contributed by atoms with Crippen LogP contribution in [0.15, 0.2) is 12.2 Å². The minimum atomic E-state index is 0.0791. The molecule has 17 heavy (non-hydrogen) atoms. The zero-order valence-electron chi connectivity index (χ0n) is 11.2. The van der Waals surface area contributed by atoms with Crippen LogP contribution in [0.3, 0.4) is 0 Å². The highest BCUT2D eigenvalue weighted by atomic mass is 31.0. The van der Waals surface area contributed by atoms with Crippen molar-refractivity contribution >= 4 is 15.0 Å². The maximum atomic E-state index is 11.5. The van der Waals surface area contributed by atoms with Crippen LogP contribution in [-0.2, 0) is 9.53 Å². The summed E-state index contributed by atoms with van der Waals surface area (Å²) in [5.41, 5.74) is 0. The van der Waals surface area contributed by atoms with Crippen molar-refractivity contribution in [1.29, 1.82) is 0 Å². The lowest BCUT2D eigenvalue weighted by Crippen LogP contribution is -2.24. The van der Waals surface area contributed by atoms with E-state index >= 15 is 0 Å². The Morgan fingerprint density at radius 3 is 2.88 bits per heavy atom. The molecule has 1 rings (SSSR count). The summed E-state index contributed by atoms with van der Waals surface area (Å²) in [6.45, 7) is 6.34. The Labute approximate surface area is 107 Å². The summed E-state index contributed by atoms with van der Waals surface area (Å²) in [5.74, 6) is 0.284. The normalized spacial score (nSPS) is 31.9. The average molecular weight is 256 g/mol. The molecule has 0 saturated carbocycles. The topological polar surface area (TPSA) is 26.3 Å². The van der Waals surface area contributed by atoms with E-state index in [0.717, 1.165) is 25.7 Å². The molecule has 98 valence electrons. The van der Waals surface area contributed by atoms with Gasteiger partial charge in [-0.2, -0.15) is 0 Å². The van der Waals surface area contributed by atoms with Crippen LogP contribution in [0.2, 0.25) is 0 Å². The molecule has 3 atom stereocenters. The fourth-order valence-corrected chi connectivity index (χ4v) is 2.17. The van der Waals surface area contributed by atoms with Crippen LogP contribution in [0.4, 0.5) is 0 Å². The molecule has 3 unspecified atom stereocenters. The molecule has 2 nitrogen and oxygen atoms in total. The number of hydrogen-bond acceptors (Lipinski definition) is 2. The molecule has 0 fully saturated rings. The van der Waals surface area contributed by atoms with Gasteiger partial charge in [0.2, 0.25) is 0 Å². The Balaban J connectivity index is 2.40. The molecule has 0 aromatic heterocycles. The number of Topliss-reactive ketones (excluding diaryl/α,β-unsaturated/α-hetero) is 1. The summed E-state index contributed by atoms with van der Waals surface area (Å²) >= 11 is 0. The summed E-state index contributed by atoms with van der Waals surface area (Å²) in [6, 6.07) is 0. The Kier molecular flexibility index (Phi) is 5.82. The van der Waals surface area contributed by atoms with Gasteiger partial charge in [0.05, 0.1) is 6.10 Å². The van der Waals surface area contributed by atoms with Gasteiger partial charge in [0.25, 0.3) is 0 Å². The van der Waals surface area contributed by atoms with E-state index in [1.54, 1.807) is 0 Å². The Bertz CT molecular complexity index is 282. The summed E-state index contributed by atoms with van der Waals surface area (Å²) in [4.78, 5) is 11.5. The summed E-state index contributed by atoms with van der Waals surface area (Å²) in [7, 11) is 2.90. The van der Waals surface area contributed by atoms with Crippen LogP contribution in [0, 0.1) is 5.92 Å². The van der Waals surface area contributed by atoms with E-state index in [1.165, 1.54) is 0 Å². The number of carbonyl (C=O) groups excluding carboxylic acids is 1. The largest absolute Gasteiger partial charge is 0.370 e. The molecule has 3 heteroatoms. The van der Waals surface area contributed by atoms with E-state index in [4.69, 9.17) is 4.74 Å². The zero-order chi connectivity index (χ0) is 12.9. The smallest absolute Gasteiger partial charge is 0.160 e. The first kappa shape index (κ1) is 14.9. The van der Waals surface area contributed by atoms with Crippen LogP contribution >= 0.6 is 9.24 Å². The molecule has 0 bridgehead atoms. The highest BCUT2D eigenvalue weighted by molar-refractivity contribution is 7.19. The number of allylic oxidation sites excluding steroid dienone is 2. The standard InChI is InChI=1S/C14H25O2P/c1-11(2)13(15)10-16-12-6-4-5-8-14(3,17)9-7-12/h5,8,11-12H,4,6-7,9-10,17H2,1-3H3/b8-5-. The summed E-state index contributed by atoms with van der Waals surface area (Å²) in [6.07, 6.45) is 8.94. The Morgan fingerprint density at radius 1 is 1.53 bits per heavy atom. The lowest BCUT2D eigenvalue weighted by atomic mass is 9.95. The predicted octanol–water partition coefficient (Wildman–Crippen LogP) is 3.36. The monoisotopic (exact) mass is 256 g/mol. The van der Waals surface area contributed by atoms with Gasteiger partial charge in [0, 0.05) is 5.92 Å². The van der Waals surface area contributed by atoms with Crippen LogP contribution < -0.4 is 0 Å². The van der Waals surface area contributed by atoms with E-state index in [1.807, 2.05) is 13.8 Å². The van der Waals surface area contributed by atoms with E-state index in [0.29, 0.717) is 0 Å². The lowest BCUT2D eigenvalue weighted by Gasteiger charge is -2.26. The molecular weight excluding hydrogens is 231 g/mol. The quantitative estimate of drug-likeness (QED) is 0.569. The van der Waals surface area contributed by atoms with E-state index < -0.39 is 0 Å². The molecule has 1 aliphatic carbocycles. The summed E-state index contributed by atoms with van der Waals surface area (Å²) in [5, 5.41) is 0.185. The van der Waals surface area contributed by atoms with Crippen molar-refractivity contribution in [2.75, 3.05) is 6.61 Å². The van der Waals surface area contributed by atoms with Crippen LogP contribution in [-0.4, -0.2) is 23.7 Å². The fourth-order valence-electron chi connectivity index (χ4n) is 1.87. The number of ketones is 1. The first-order valence-corrected chi connectivity index (χ1v) is 7.09. The molecule has 0 radical (unpaired) electrons.